The fourth-order valence-electron chi connectivity index (χ4n) is 2.48. The minimum Gasteiger partial charge on any atom is -0.491 e. The van der Waals surface area contributed by atoms with E-state index in [9.17, 15) is 4.79 Å². The van der Waals surface area contributed by atoms with E-state index in [0.717, 1.165) is 10.0 Å². The fraction of sp³-hybridized carbons (Fsp3) is 0.0952. The average Bonchev–Trinajstić information content (AvgIpc) is 2.68. The molecule has 3 aromatic rings. The van der Waals surface area contributed by atoms with Gasteiger partial charge in [-0.05, 0) is 42.0 Å². The molecule has 6 heteroatoms. The van der Waals surface area contributed by atoms with E-state index in [1.54, 1.807) is 24.3 Å². The topological polar surface area (TPSA) is 47.6 Å². The van der Waals surface area contributed by atoms with E-state index in [1.165, 1.54) is 7.11 Å². The Morgan fingerprint density at radius 3 is 2.44 bits per heavy atom. The molecule has 0 atom stereocenters. The van der Waals surface area contributed by atoms with Gasteiger partial charge in [-0.1, -0.05) is 57.9 Å². The number of amides is 1. The molecule has 0 unspecified atom stereocenters. The molecule has 0 aromatic heterocycles. The molecule has 0 aliphatic heterocycles. The largest absolute Gasteiger partial charge is 0.491 e. The number of carbonyl (C=O) groups is 1. The van der Waals surface area contributed by atoms with E-state index in [2.05, 4.69) is 21.2 Å². The Labute approximate surface area is 171 Å². The van der Waals surface area contributed by atoms with Crippen LogP contribution in [-0.4, -0.2) is 13.0 Å². The Balaban J connectivity index is 1.82. The van der Waals surface area contributed by atoms with Crippen LogP contribution in [0.4, 0.5) is 5.69 Å². The van der Waals surface area contributed by atoms with Gasteiger partial charge < -0.3 is 14.8 Å². The molecule has 1 N–H and O–H groups in total. The zero-order chi connectivity index (χ0) is 19.2. The molecule has 3 aromatic carbocycles. The van der Waals surface area contributed by atoms with Gasteiger partial charge in [-0.25, -0.2) is 0 Å². The van der Waals surface area contributed by atoms with Crippen molar-refractivity contribution in [1.82, 2.24) is 0 Å². The van der Waals surface area contributed by atoms with Gasteiger partial charge in [0.25, 0.3) is 5.91 Å². The summed E-state index contributed by atoms with van der Waals surface area (Å²) in [6.07, 6.45) is 0. The molecule has 0 radical (unpaired) electrons. The zero-order valence-corrected chi connectivity index (χ0v) is 16.9. The first kappa shape index (κ1) is 19.3. The van der Waals surface area contributed by atoms with Crippen LogP contribution in [0, 0.1) is 0 Å². The van der Waals surface area contributed by atoms with Crippen molar-refractivity contribution in [2.75, 3.05) is 12.4 Å². The molecule has 0 aliphatic rings. The third-order valence-corrected chi connectivity index (χ3v) is 4.62. The Morgan fingerprint density at radius 2 is 1.78 bits per heavy atom. The van der Waals surface area contributed by atoms with Gasteiger partial charge in [-0.2, -0.15) is 0 Å². The summed E-state index contributed by atoms with van der Waals surface area (Å²) in [7, 11) is 1.51. The van der Waals surface area contributed by atoms with Gasteiger partial charge in [-0.15, -0.1) is 0 Å². The van der Waals surface area contributed by atoms with Crippen LogP contribution in [-0.2, 0) is 6.61 Å². The van der Waals surface area contributed by atoms with Crippen molar-refractivity contribution in [2.24, 2.45) is 0 Å². The molecular formula is C21H17BrClNO3. The fourth-order valence-corrected chi connectivity index (χ4v) is 3.03. The lowest BCUT2D eigenvalue weighted by atomic mass is 10.1. The lowest BCUT2D eigenvalue weighted by molar-refractivity contribution is 0.102. The molecule has 0 saturated carbocycles. The van der Waals surface area contributed by atoms with E-state index in [4.69, 9.17) is 21.1 Å². The molecular weight excluding hydrogens is 430 g/mol. The van der Waals surface area contributed by atoms with Crippen LogP contribution in [0.5, 0.6) is 11.5 Å². The minimum absolute atomic E-state index is 0.286. The van der Waals surface area contributed by atoms with Crippen LogP contribution in [0.3, 0.4) is 0 Å². The van der Waals surface area contributed by atoms with Gasteiger partial charge >= 0.3 is 0 Å². The smallest absolute Gasteiger partial charge is 0.255 e. The van der Waals surface area contributed by atoms with Gasteiger partial charge in [0.05, 0.1) is 12.1 Å². The maximum atomic E-state index is 12.6. The highest BCUT2D eigenvalue weighted by atomic mass is 79.9. The third-order valence-electron chi connectivity index (χ3n) is 3.82. The first-order valence-electron chi connectivity index (χ1n) is 8.18. The Kier molecular flexibility index (Phi) is 6.37. The Bertz CT molecular complexity index is 930. The van der Waals surface area contributed by atoms with Crippen molar-refractivity contribution in [2.45, 2.75) is 6.61 Å². The third kappa shape index (κ3) is 5.02. The predicted octanol–water partition coefficient (Wildman–Crippen LogP) is 5.94. The maximum absolute atomic E-state index is 12.6. The molecule has 138 valence electrons. The summed E-state index contributed by atoms with van der Waals surface area (Å²) in [6, 6.07) is 20.2. The van der Waals surface area contributed by atoms with Crippen LogP contribution in [0.15, 0.2) is 71.2 Å². The number of ether oxygens (including phenoxy) is 2. The van der Waals surface area contributed by atoms with Crippen LogP contribution >= 0.6 is 27.5 Å². The van der Waals surface area contributed by atoms with Gasteiger partial charge in [0, 0.05) is 15.7 Å². The van der Waals surface area contributed by atoms with Gasteiger partial charge in [-0.3, -0.25) is 4.79 Å². The molecule has 1 amide bonds. The van der Waals surface area contributed by atoms with Crippen molar-refractivity contribution < 1.29 is 14.3 Å². The van der Waals surface area contributed by atoms with Crippen LogP contribution in [0.2, 0.25) is 5.02 Å². The Morgan fingerprint density at radius 1 is 1.07 bits per heavy atom. The summed E-state index contributed by atoms with van der Waals surface area (Å²) in [5.74, 6) is 0.522. The standard InChI is InChI=1S/C21H17BrClNO3/c1-26-20-18(23)11-15(21(25)24-17-9-7-16(22)8-10-17)12-19(20)27-13-14-5-3-2-4-6-14/h2-12H,13H2,1H3,(H,24,25). The van der Waals surface area contributed by atoms with Crippen molar-refractivity contribution in [3.63, 3.8) is 0 Å². The summed E-state index contributed by atoms with van der Waals surface area (Å²) < 4.78 is 12.1. The van der Waals surface area contributed by atoms with Crippen molar-refractivity contribution in [3.8, 4) is 11.5 Å². The number of methoxy groups -OCH3 is 1. The summed E-state index contributed by atoms with van der Waals surface area (Å²) in [5.41, 5.74) is 2.06. The minimum atomic E-state index is -0.286. The average molecular weight is 447 g/mol. The summed E-state index contributed by atoms with van der Waals surface area (Å²) >= 11 is 9.66. The van der Waals surface area contributed by atoms with Crippen LogP contribution in [0.25, 0.3) is 0 Å². The number of halogens is 2. The highest BCUT2D eigenvalue weighted by Crippen LogP contribution is 2.37. The molecule has 3 rings (SSSR count). The van der Waals surface area contributed by atoms with Gasteiger partial charge in [0.15, 0.2) is 11.5 Å². The maximum Gasteiger partial charge on any atom is 0.255 e. The SMILES string of the molecule is COc1c(Cl)cc(C(=O)Nc2ccc(Br)cc2)cc1OCc1ccccc1. The van der Waals surface area contributed by atoms with E-state index in [0.29, 0.717) is 34.4 Å². The van der Waals surface area contributed by atoms with Crippen LogP contribution < -0.4 is 14.8 Å². The molecule has 0 spiro atoms. The lowest BCUT2D eigenvalue weighted by Gasteiger charge is -2.14. The second-order valence-electron chi connectivity index (χ2n) is 5.72. The quantitative estimate of drug-likeness (QED) is 0.509. The highest BCUT2D eigenvalue weighted by molar-refractivity contribution is 9.10. The number of nitrogens with one attached hydrogen (secondary N) is 1. The molecule has 27 heavy (non-hydrogen) atoms. The zero-order valence-electron chi connectivity index (χ0n) is 14.5. The predicted molar refractivity (Wildman–Crippen MR) is 111 cm³/mol. The van der Waals surface area contributed by atoms with Crippen molar-refractivity contribution in [1.29, 1.82) is 0 Å². The number of anilines is 1. The Hall–Kier alpha value is -2.50. The van der Waals surface area contributed by atoms with E-state index in [1.807, 2.05) is 42.5 Å². The van der Waals surface area contributed by atoms with E-state index < -0.39 is 0 Å². The van der Waals surface area contributed by atoms with Crippen molar-refractivity contribution in [3.05, 3.63) is 87.4 Å². The van der Waals surface area contributed by atoms with E-state index in [-0.39, 0.29) is 5.91 Å². The molecule has 0 fully saturated rings. The first-order valence-corrected chi connectivity index (χ1v) is 9.35. The number of rotatable bonds is 6. The van der Waals surface area contributed by atoms with E-state index >= 15 is 0 Å². The molecule has 0 saturated heterocycles. The molecule has 4 nitrogen and oxygen atoms in total. The molecule has 0 heterocycles. The molecule has 0 bridgehead atoms. The lowest BCUT2D eigenvalue weighted by Crippen LogP contribution is -2.12. The summed E-state index contributed by atoms with van der Waals surface area (Å²) in [4.78, 5) is 12.6. The second kappa shape index (κ2) is 8.93. The van der Waals surface area contributed by atoms with Gasteiger partial charge in [0.1, 0.15) is 6.61 Å². The van der Waals surface area contributed by atoms with Gasteiger partial charge in [0.2, 0.25) is 0 Å². The highest BCUT2D eigenvalue weighted by Gasteiger charge is 2.16. The van der Waals surface area contributed by atoms with Crippen molar-refractivity contribution >= 4 is 39.1 Å². The summed E-state index contributed by atoms with van der Waals surface area (Å²) in [6.45, 7) is 0.339. The van der Waals surface area contributed by atoms with Crippen LogP contribution in [0.1, 0.15) is 15.9 Å². The molecule has 0 aliphatic carbocycles. The normalized spacial score (nSPS) is 10.3. The number of hydrogen-bond donors (Lipinski definition) is 1. The first-order chi connectivity index (χ1) is 13.1. The summed E-state index contributed by atoms with van der Waals surface area (Å²) in [5, 5.41) is 3.15. The number of benzene rings is 3. The monoisotopic (exact) mass is 445 g/mol. The number of carbonyl (C=O) groups excluding carboxylic acids is 1. The second-order valence-corrected chi connectivity index (χ2v) is 7.05. The number of hydrogen-bond acceptors (Lipinski definition) is 3.